The Kier molecular flexibility index (Phi) is 4.73. The fourth-order valence-electron chi connectivity index (χ4n) is 1.73. The van der Waals surface area contributed by atoms with Crippen LogP contribution in [0.15, 0.2) is 0 Å². The van der Waals surface area contributed by atoms with Crippen molar-refractivity contribution in [2.45, 2.75) is 13.3 Å². The van der Waals surface area contributed by atoms with Crippen molar-refractivity contribution in [2.24, 2.45) is 5.92 Å². The smallest absolute Gasteiger partial charge is 0.236 e. The van der Waals surface area contributed by atoms with Crippen molar-refractivity contribution in [3.63, 3.8) is 0 Å². The molecule has 5 nitrogen and oxygen atoms in total. The molecule has 1 unspecified atom stereocenters. The van der Waals surface area contributed by atoms with Crippen LogP contribution in [0.3, 0.4) is 0 Å². The minimum absolute atomic E-state index is 0.0448. The van der Waals surface area contributed by atoms with Crippen molar-refractivity contribution >= 4 is 15.7 Å². The maximum absolute atomic E-state index is 11.4. The van der Waals surface area contributed by atoms with E-state index in [0.717, 1.165) is 0 Å². The summed E-state index contributed by atoms with van der Waals surface area (Å²) in [7, 11) is -1.05. The van der Waals surface area contributed by atoms with E-state index in [9.17, 15) is 13.2 Å². The summed E-state index contributed by atoms with van der Waals surface area (Å²) in [6.07, 6.45) is 0.715. The molecule has 0 spiro atoms. The molecule has 0 aliphatic carbocycles. The lowest BCUT2D eigenvalue weighted by molar-refractivity contribution is -0.128. The quantitative estimate of drug-likeness (QED) is 0.711. The predicted molar refractivity (Wildman–Crippen MR) is 62.9 cm³/mol. The van der Waals surface area contributed by atoms with Gasteiger partial charge in [-0.3, -0.25) is 4.79 Å². The summed E-state index contributed by atoms with van der Waals surface area (Å²) in [5.41, 5.74) is 0. The molecule has 16 heavy (non-hydrogen) atoms. The first-order chi connectivity index (χ1) is 7.44. The molecule has 0 saturated carbocycles. The van der Waals surface area contributed by atoms with E-state index in [2.05, 4.69) is 5.32 Å². The summed E-state index contributed by atoms with van der Waals surface area (Å²) >= 11 is 0. The molecule has 6 heteroatoms. The summed E-state index contributed by atoms with van der Waals surface area (Å²) < 4.78 is 22.4. The monoisotopic (exact) mass is 248 g/mol. The number of likely N-dealkylation sites (N-methyl/N-ethyl adjacent to an activating group) is 1. The van der Waals surface area contributed by atoms with Gasteiger partial charge in [-0.25, -0.2) is 8.42 Å². The van der Waals surface area contributed by atoms with Crippen molar-refractivity contribution in [3.05, 3.63) is 0 Å². The maximum atomic E-state index is 11.4. The zero-order valence-electron chi connectivity index (χ0n) is 9.90. The van der Waals surface area contributed by atoms with Crippen LogP contribution in [0.5, 0.6) is 0 Å². The van der Waals surface area contributed by atoms with Gasteiger partial charge in [0.1, 0.15) is 0 Å². The molecule has 94 valence electrons. The molecule has 1 N–H and O–H groups in total. The van der Waals surface area contributed by atoms with E-state index < -0.39 is 9.84 Å². The van der Waals surface area contributed by atoms with Crippen molar-refractivity contribution in [1.82, 2.24) is 10.2 Å². The van der Waals surface area contributed by atoms with E-state index in [1.807, 2.05) is 6.92 Å². The number of nitrogens with one attached hydrogen (secondary N) is 1. The molecule has 1 saturated heterocycles. The highest BCUT2D eigenvalue weighted by Crippen LogP contribution is 2.17. The van der Waals surface area contributed by atoms with Gasteiger partial charge in [0.25, 0.3) is 0 Å². The zero-order chi connectivity index (χ0) is 12.2. The zero-order valence-corrected chi connectivity index (χ0v) is 10.7. The van der Waals surface area contributed by atoms with Crippen LogP contribution in [0, 0.1) is 5.92 Å². The molecule has 0 aromatic rings. The predicted octanol–water partition coefficient (Wildman–Crippen LogP) is -0.511. The average molecular weight is 248 g/mol. The molecule has 1 aliphatic heterocycles. The lowest BCUT2D eigenvalue weighted by Gasteiger charge is -2.15. The van der Waals surface area contributed by atoms with E-state index in [1.54, 1.807) is 11.9 Å². The number of hydrogen-bond donors (Lipinski definition) is 1. The molecule has 1 rings (SSSR count). The van der Waals surface area contributed by atoms with Gasteiger partial charge in [0.05, 0.1) is 18.1 Å². The molecule has 0 aromatic carbocycles. The number of nitrogens with zero attached hydrogens (tertiary/aromatic N) is 1. The largest absolute Gasteiger partial charge is 0.345 e. The SMILES string of the molecule is CCN(C)C(=O)CNCC1CCS(=O)(=O)C1. The average Bonchev–Trinajstić information content (AvgIpc) is 2.57. The maximum Gasteiger partial charge on any atom is 0.236 e. The van der Waals surface area contributed by atoms with Crippen LogP contribution in [-0.2, 0) is 14.6 Å². The second-order valence-corrected chi connectivity index (χ2v) is 6.54. The standard InChI is InChI=1S/C10H20N2O3S/c1-3-12(2)10(13)7-11-6-9-4-5-16(14,15)8-9/h9,11H,3-8H2,1-2H3. The summed E-state index contributed by atoms with van der Waals surface area (Å²) in [6.45, 7) is 3.52. The Hall–Kier alpha value is -0.620. The third-order valence-corrected chi connectivity index (χ3v) is 4.77. The van der Waals surface area contributed by atoms with Gasteiger partial charge in [-0.2, -0.15) is 0 Å². The number of amides is 1. The Bertz CT molecular complexity index is 340. The van der Waals surface area contributed by atoms with E-state index >= 15 is 0 Å². The van der Waals surface area contributed by atoms with Crippen molar-refractivity contribution in [3.8, 4) is 0 Å². The van der Waals surface area contributed by atoms with Crippen LogP contribution >= 0.6 is 0 Å². The first kappa shape index (κ1) is 13.4. The van der Waals surface area contributed by atoms with Crippen molar-refractivity contribution in [1.29, 1.82) is 0 Å². The highest BCUT2D eigenvalue weighted by Gasteiger charge is 2.27. The van der Waals surface area contributed by atoms with Gasteiger partial charge in [-0.15, -0.1) is 0 Å². The minimum Gasteiger partial charge on any atom is -0.345 e. The molecule has 0 bridgehead atoms. The fourth-order valence-corrected chi connectivity index (χ4v) is 3.59. The van der Waals surface area contributed by atoms with Gasteiger partial charge in [0, 0.05) is 13.6 Å². The van der Waals surface area contributed by atoms with Gasteiger partial charge >= 0.3 is 0 Å². The van der Waals surface area contributed by atoms with Gasteiger partial charge in [-0.1, -0.05) is 0 Å². The van der Waals surface area contributed by atoms with Gasteiger partial charge in [-0.05, 0) is 25.8 Å². The van der Waals surface area contributed by atoms with E-state index in [1.165, 1.54) is 0 Å². The minimum atomic E-state index is -2.80. The third kappa shape index (κ3) is 4.09. The van der Waals surface area contributed by atoms with Crippen LogP contribution in [0.4, 0.5) is 0 Å². The van der Waals surface area contributed by atoms with Crippen LogP contribution in [0.2, 0.25) is 0 Å². The molecule has 1 fully saturated rings. The first-order valence-corrected chi connectivity index (χ1v) is 7.42. The Morgan fingerprint density at radius 3 is 2.69 bits per heavy atom. The highest BCUT2D eigenvalue weighted by molar-refractivity contribution is 7.91. The molecular formula is C10H20N2O3S. The van der Waals surface area contributed by atoms with Crippen LogP contribution in [-0.4, -0.2) is 57.4 Å². The molecule has 1 amide bonds. The Labute approximate surface area is 97.1 Å². The van der Waals surface area contributed by atoms with Crippen molar-refractivity contribution in [2.75, 3.05) is 38.2 Å². The van der Waals surface area contributed by atoms with Crippen LogP contribution < -0.4 is 5.32 Å². The lowest BCUT2D eigenvalue weighted by atomic mass is 10.1. The number of sulfone groups is 1. The lowest BCUT2D eigenvalue weighted by Crippen LogP contribution is -2.37. The first-order valence-electron chi connectivity index (χ1n) is 5.59. The Balaban J connectivity index is 2.20. The van der Waals surface area contributed by atoms with Gasteiger partial charge in [0.15, 0.2) is 9.84 Å². The molecule has 1 aliphatic rings. The van der Waals surface area contributed by atoms with Crippen molar-refractivity contribution < 1.29 is 13.2 Å². The Morgan fingerprint density at radius 1 is 1.50 bits per heavy atom. The highest BCUT2D eigenvalue weighted by atomic mass is 32.2. The van der Waals surface area contributed by atoms with Gasteiger partial charge in [0.2, 0.25) is 5.91 Å². The van der Waals surface area contributed by atoms with Crippen LogP contribution in [0.25, 0.3) is 0 Å². The van der Waals surface area contributed by atoms with E-state index in [-0.39, 0.29) is 17.6 Å². The summed E-state index contributed by atoms with van der Waals surface area (Å²) in [5, 5.41) is 3.02. The molecular weight excluding hydrogens is 228 g/mol. The summed E-state index contributed by atoms with van der Waals surface area (Å²) in [4.78, 5) is 13.1. The number of hydrogen-bond acceptors (Lipinski definition) is 4. The fraction of sp³-hybridized carbons (Fsp3) is 0.900. The second-order valence-electron chi connectivity index (χ2n) is 4.31. The topological polar surface area (TPSA) is 66.5 Å². The second kappa shape index (κ2) is 5.63. The summed E-state index contributed by atoms with van der Waals surface area (Å²) in [5.74, 6) is 0.771. The van der Waals surface area contributed by atoms with Crippen LogP contribution in [0.1, 0.15) is 13.3 Å². The number of carbonyl (C=O) groups is 1. The van der Waals surface area contributed by atoms with E-state index in [4.69, 9.17) is 0 Å². The molecule has 0 aromatic heterocycles. The molecule has 1 heterocycles. The van der Waals surface area contributed by atoms with Gasteiger partial charge < -0.3 is 10.2 Å². The summed E-state index contributed by atoms with van der Waals surface area (Å²) in [6, 6.07) is 0. The molecule has 1 atom stereocenters. The number of carbonyl (C=O) groups excluding carboxylic acids is 1. The van der Waals surface area contributed by atoms with E-state index in [0.29, 0.717) is 31.8 Å². The third-order valence-electron chi connectivity index (χ3n) is 2.94. The number of rotatable bonds is 5. The normalized spacial score (nSPS) is 23.2. The molecule has 0 radical (unpaired) electrons. The Morgan fingerprint density at radius 2 is 2.19 bits per heavy atom.